The molecule has 2 aromatic heterocycles. The predicted molar refractivity (Wildman–Crippen MR) is 171 cm³/mol. The molecule has 0 spiro atoms. The number of esters is 1. The van der Waals surface area contributed by atoms with Gasteiger partial charge in [0.1, 0.15) is 29.9 Å². The third-order valence-electron chi connectivity index (χ3n) is 7.39. The first-order chi connectivity index (χ1) is 22.5. The van der Waals surface area contributed by atoms with E-state index in [0.717, 1.165) is 23.3 Å². The lowest BCUT2D eigenvalue weighted by molar-refractivity contribution is -0.148. The molecule has 0 saturated carbocycles. The van der Waals surface area contributed by atoms with E-state index in [0.29, 0.717) is 16.3 Å². The average Bonchev–Trinajstić information content (AvgIpc) is 3.76. The molecule has 0 fully saturated rings. The number of nitrogens with zero attached hydrogens (tertiary/aromatic N) is 5. The van der Waals surface area contributed by atoms with Crippen molar-refractivity contribution >= 4 is 24.7 Å². The number of nitriles is 1. The summed E-state index contributed by atoms with van der Waals surface area (Å²) in [7, 11) is -2.67. The van der Waals surface area contributed by atoms with Gasteiger partial charge in [-0.1, -0.05) is 37.3 Å². The minimum absolute atomic E-state index is 0.00145. The van der Waals surface area contributed by atoms with E-state index in [2.05, 4.69) is 16.2 Å². The molecule has 47 heavy (non-hydrogen) atoms. The number of carbonyl (C=O) groups excluding carboxylic acids is 1. The lowest BCUT2D eigenvalue weighted by Gasteiger charge is -2.38. The fourth-order valence-corrected chi connectivity index (χ4v) is 6.29. The molecule has 5 rings (SSSR count). The summed E-state index contributed by atoms with van der Waals surface area (Å²) < 4.78 is 60.3. The smallest absolute Gasteiger partial charge is 0.340 e. The molecule has 1 unspecified atom stereocenters. The summed E-state index contributed by atoms with van der Waals surface area (Å²) in [6.07, 6.45) is 2.75. The Morgan fingerprint density at radius 3 is 2.49 bits per heavy atom. The van der Waals surface area contributed by atoms with E-state index in [1.54, 1.807) is 55.5 Å². The van der Waals surface area contributed by atoms with Crippen molar-refractivity contribution in [2.75, 3.05) is 20.1 Å². The first-order valence-corrected chi connectivity index (χ1v) is 17.7. The van der Waals surface area contributed by atoms with Crippen molar-refractivity contribution in [2.45, 2.75) is 31.6 Å². The molecular weight excluding hydrogens is 647 g/mol. The normalized spacial score (nSPS) is 13.4. The van der Waals surface area contributed by atoms with Crippen LogP contribution in [-0.2, 0) is 37.3 Å². The molecule has 0 bridgehead atoms. The van der Waals surface area contributed by atoms with E-state index in [1.165, 1.54) is 48.1 Å². The first kappa shape index (κ1) is 33.8. The number of benzene rings is 3. The molecule has 3 aromatic carbocycles. The van der Waals surface area contributed by atoms with Gasteiger partial charge in [-0.15, -0.1) is 11.3 Å². The highest BCUT2D eigenvalue weighted by Gasteiger charge is 2.45. The number of hydrogen-bond donors (Lipinski definition) is 0. The third-order valence-corrected chi connectivity index (χ3v) is 9.17. The number of hydrogen-bond acceptors (Lipinski definition) is 10. The maximum absolute atomic E-state index is 15.7. The number of carbonyl (C=O) groups is 1. The van der Waals surface area contributed by atoms with Crippen molar-refractivity contribution < 1.29 is 32.1 Å². The van der Waals surface area contributed by atoms with Crippen molar-refractivity contribution in [3.05, 3.63) is 124 Å². The van der Waals surface area contributed by atoms with Gasteiger partial charge in [0, 0.05) is 41.8 Å². The maximum atomic E-state index is 15.7. The van der Waals surface area contributed by atoms with Gasteiger partial charge < -0.3 is 14.0 Å². The fraction of sp³-hybridized carbons (Fsp3) is 0.242. The van der Waals surface area contributed by atoms with Crippen LogP contribution in [-0.4, -0.2) is 45.8 Å². The second-order valence-electron chi connectivity index (χ2n) is 11.0. The maximum Gasteiger partial charge on any atom is 0.340 e. The van der Waals surface area contributed by atoms with Gasteiger partial charge in [-0.3, -0.25) is 4.57 Å². The molecule has 2 atom stereocenters. The van der Waals surface area contributed by atoms with E-state index in [9.17, 15) is 13.8 Å². The summed E-state index contributed by atoms with van der Waals surface area (Å²) in [4.78, 5) is 21.8. The summed E-state index contributed by atoms with van der Waals surface area (Å²) in [5.74, 6) is -3.02. The number of halogens is 2. The topological polar surface area (TPSA) is 129 Å². The fourth-order valence-electron chi connectivity index (χ4n) is 4.86. The van der Waals surface area contributed by atoms with Gasteiger partial charge >= 0.3 is 5.97 Å². The SMILES string of the molecule is C[C@@H](c1nc(-c2ccc(C#N)cc2)cs1)C(Cn1cncn1)(OCOC(=O)c1ccc(COP(C)(C)=O)cc1)c1ccc(F)cc1F. The van der Waals surface area contributed by atoms with Crippen molar-refractivity contribution in [1.29, 1.82) is 5.26 Å². The molecule has 0 radical (unpaired) electrons. The van der Waals surface area contributed by atoms with Crippen molar-refractivity contribution in [2.24, 2.45) is 0 Å². The zero-order chi connectivity index (χ0) is 33.6. The average molecular weight is 678 g/mol. The second kappa shape index (κ2) is 14.4. The summed E-state index contributed by atoms with van der Waals surface area (Å²) in [5, 5.41) is 15.7. The Balaban J connectivity index is 1.45. The van der Waals surface area contributed by atoms with E-state index in [1.807, 2.05) is 5.38 Å². The lowest BCUT2D eigenvalue weighted by Crippen LogP contribution is -2.42. The highest BCUT2D eigenvalue weighted by atomic mass is 32.1. The molecule has 2 heterocycles. The number of rotatable bonds is 13. The van der Waals surface area contributed by atoms with Gasteiger partial charge in [0.15, 0.2) is 14.2 Å². The third kappa shape index (κ3) is 8.22. The highest BCUT2D eigenvalue weighted by molar-refractivity contribution is 7.57. The van der Waals surface area contributed by atoms with Gasteiger partial charge in [0.25, 0.3) is 0 Å². The Labute approximate surface area is 274 Å². The molecule has 0 aliphatic rings. The molecule has 242 valence electrons. The molecule has 0 aliphatic carbocycles. The van der Waals surface area contributed by atoms with Crippen LogP contribution in [0.5, 0.6) is 0 Å². The number of ether oxygens (including phenoxy) is 2. The summed E-state index contributed by atoms with van der Waals surface area (Å²) in [6.45, 7) is 4.26. The van der Waals surface area contributed by atoms with Gasteiger partial charge in [-0.2, -0.15) is 10.4 Å². The Bertz CT molecular complexity index is 1920. The van der Waals surface area contributed by atoms with Gasteiger partial charge in [0.2, 0.25) is 0 Å². The summed E-state index contributed by atoms with van der Waals surface area (Å²) >= 11 is 1.32. The lowest BCUT2D eigenvalue weighted by atomic mass is 9.81. The Hall–Kier alpha value is -4.60. The molecule has 0 amide bonds. The molecule has 14 heteroatoms. The van der Waals surface area contributed by atoms with Crippen LogP contribution < -0.4 is 0 Å². The number of aromatic nitrogens is 4. The van der Waals surface area contributed by atoms with Crippen molar-refractivity contribution in [1.82, 2.24) is 19.7 Å². The minimum Gasteiger partial charge on any atom is -0.435 e. The van der Waals surface area contributed by atoms with Crippen LogP contribution in [0.25, 0.3) is 11.3 Å². The van der Waals surface area contributed by atoms with Crippen LogP contribution in [0.2, 0.25) is 0 Å². The molecular formula is C33H30F2N5O5PS. The van der Waals surface area contributed by atoms with Crippen molar-refractivity contribution in [3.8, 4) is 17.3 Å². The van der Waals surface area contributed by atoms with Crippen LogP contribution in [0.3, 0.4) is 0 Å². The van der Waals surface area contributed by atoms with Crippen molar-refractivity contribution in [3.63, 3.8) is 0 Å². The monoisotopic (exact) mass is 677 g/mol. The highest BCUT2D eigenvalue weighted by Crippen LogP contribution is 2.44. The van der Waals surface area contributed by atoms with Crippen LogP contribution in [0.1, 0.15) is 44.9 Å². The Morgan fingerprint density at radius 2 is 1.85 bits per heavy atom. The number of thiazole rings is 1. The van der Waals surface area contributed by atoms with E-state index in [4.69, 9.17) is 24.2 Å². The largest absolute Gasteiger partial charge is 0.435 e. The standard InChI is InChI=1S/C33H30F2N5O5PS/c1-22(31-39-30(17-47-31)25-8-4-23(15-36)5-9-25)33(18-40-20-37-19-38-40,28-13-12-27(34)14-29(28)35)44-21-43-32(41)26-10-6-24(7-11-26)16-45-46(2,3)42/h4-14,17,19-20,22H,16,18,21H2,1-3H3/t22-,33?/m0/s1. The van der Waals surface area contributed by atoms with Gasteiger partial charge in [0.05, 0.1) is 41.0 Å². The van der Waals surface area contributed by atoms with Gasteiger partial charge in [-0.25, -0.2) is 28.2 Å². The minimum atomic E-state index is -2.67. The molecule has 10 nitrogen and oxygen atoms in total. The molecule has 5 aromatic rings. The summed E-state index contributed by atoms with van der Waals surface area (Å²) in [6, 6.07) is 18.6. The zero-order valence-electron chi connectivity index (χ0n) is 25.7. The Morgan fingerprint density at radius 1 is 1.11 bits per heavy atom. The van der Waals surface area contributed by atoms with Crippen LogP contribution in [0.4, 0.5) is 8.78 Å². The predicted octanol–water partition coefficient (Wildman–Crippen LogP) is 7.14. The zero-order valence-corrected chi connectivity index (χ0v) is 27.4. The van der Waals surface area contributed by atoms with E-state index < -0.39 is 43.3 Å². The Kier molecular flexibility index (Phi) is 10.4. The quantitative estimate of drug-likeness (QED) is 0.0726. The van der Waals surface area contributed by atoms with E-state index >= 15 is 4.39 Å². The van der Waals surface area contributed by atoms with Gasteiger partial charge in [-0.05, 0) is 35.9 Å². The first-order valence-electron chi connectivity index (χ1n) is 14.3. The van der Waals surface area contributed by atoms with Crippen LogP contribution >= 0.6 is 18.7 Å². The molecule has 0 saturated heterocycles. The second-order valence-corrected chi connectivity index (χ2v) is 14.7. The van der Waals surface area contributed by atoms with Crippen LogP contribution in [0, 0.1) is 23.0 Å². The molecule has 0 N–H and O–H groups in total. The summed E-state index contributed by atoms with van der Waals surface area (Å²) in [5.41, 5.74) is 1.26. The van der Waals surface area contributed by atoms with Crippen LogP contribution in [0.15, 0.2) is 84.8 Å². The van der Waals surface area contributed by atoms with E-state index in [-0.39, 0.29) is 24.3 Å². The molecule has 0 aliphatic heterocycles.